The van der Waals surface area contributed by atoms with E-state index in [0.29, 0.717) is 0 Å². The molecule has 0 aliphatic rings. The zero-order chi connectivity index (χ0) is 20.6. The molecule has 6 nitrogen and oxygen atoms in total. The number of carbonyl (C=O) groups is 2. The maximum absolute atomic E-state index is 9.10. The Kier molecular flexibility index (Phi) is 7.54. The van der Waals surface area contributed by atoms with Crippen molar-refractivity contribution in [2.45, 2.75) is 18.9 Å². The van der Waals surface area contributed by atoms with Crippen LogP contribution in [0.3, 0.4) is 0 Å². The average molecular weight is 401 g/mol. The molecule has 148 valence electrons. The summed E-state index contributed by atoms with van der Waals surface area (Å²) < 4.78 is 6.53. The van der Waals surface area contributed by atoms with Crippen LogP contribution < -0.4 is 10.1 Å². The Labute approximate surface area is 167 Å². The van der Waals surface area contributed by atoms with Crippen LogP contribution in [0.25, 0.3) is 10.8 Å². The number of carboxylic acid groups (broad SMARTS) is 2. The third kappa shape index (κ3) is 5.55. The molecule has 7 heteroatoms. The fraction of sp³-hybridized carbons (Fsp3) is 0.238. The highest BCUT2D eigenvalue weighted by molar-refractivity contribution is 7.10. The number of rotatable bonds is 6. The molecule has 28 heavy (non-hydrogen) atoms. The Morgan fingerprint density at radius 3 is 2.32 bits per heavy atom. The molecule has 3 N–H and O–H groups in total. The molecule has 0 unspecified atom stereocenters. The van der Waals surface area contributed by atoms with Crippen LogP contribution >= 0.6 is 11.3 Å². The summed E-state index contributed by atoms with van der Waals surface area (Å²) in [6.07, 6.45) is 0.924. The van der Waals surface area contributed by atoms with Gasteiger partial charge in [0.05, 0.1) is 0 Å². The van der Waals surface area contributed by atoms with Gasteiger partial charge >= 0.3 is 11.9 Å². The van der Waals surface area contributed by atoms with Gasteiger partial charge in [0.25, 0.3) is 0 Å². The second kappa shape index (κ2) is 9.87. The molecule has 0 amide bonds. The van der Waals surface area contributed by atoms with Crippen LogP contribution in [-0.4, -0.2) is 35.7 Å². The minimum absolute atomic E-state index is 0.318. The van der Waals surface area contributed by atoms with Crippen molar-refractivity contribution in [3.05, 3.63) is 64.9 Å². The molecule has 0 saturated heterocycles. The lowest BCUT2D eigenvalue weighted by Crippen LogP contribution is -2.32. The minimum Gasteiger partial charge on any atom is -0.481 e. The Morgan fingerprint density at radius 2 is 1.71 bits per heavy atom. The summed E-state index contributed by atoms with van der Waals surface area (Å²) in [4.78, 5) is 19.5. The number of nitrogens with one attached hydrogen (secondary N) is 1. The second-order valence-electron chi connectivity index (χ2n) is 6.25. The number of carboxylic acids is 2. The van der Waals surface area contributed by atoms with E-state index in [9.17, 15) is 0 Å². The predicted molar refractivity (Wildman–Crippen MR) is 110 cm³/mol. The summed E-state index contributed by atoms with van der Waals surface area (Å²) in [5.41, 5.74) is -0.318. The van der Waals surface area contributed by atoms with Gasteiger partial charge in [-0.3, -0.25) is 0 Å². The molecular formula is C21H23NO5S. The van der Waals surface area contributed by atoms with Crippen molar-refractivity contribution in [3.63, 3.8) is 0 Å². The monoisotopic (exact) mass is 401 g/mol. The fourth-order valence-corrected chi connectivity index (χ4v) is 3.55. The third-order valence-corrected chi connectivity index (χ3v) is 5.28. The number of benzene rings is 2. The first-order valence-corrected chi connectivity index (χ1v) is 9.57. The van der Waals surface area contributed by atoms with Gasteiger partial charge in [-0.1, -0.05) is 42.5 Å². The summed E-state index contributed by atoms with van der Waals surface area (Å²) in [6, 6.07) is 18.9. The van der Waals surface area contributed by atoms with Gasteiger partial charge in [-0.15, -0.1) is 11.3 Å². The molecule has 3 aromatic rings. The van der Waals surface area contributed by atoms with Crippen molar-refractivity contribution in [1.29, 1.82) is 0 Å². The molecule has 1 heterocycles. The first-order chi connectivity index (χ1) is 13.4. The van der Waals surface area contributed by atoms with E-state index in [1.807, 2.05) is 7.05 Å². The van der Waals surface area contributed by atoms with Gasteiger partial charge in [-0.2, -0.15) is 0 Å². The van der Waals surface area contributed by atoms with E-state index in [1.54, 1.807) is 11.3 Å². The first-order valence-electron chi connectivity index (χ1n) is 8.69. The molecule has 0 aliphatic heterocycles. The smallest absolute Gasteiger partial charge is 0.414 e. The molecule has 2 aromatic carbocycles. The minimum atomic E-state index is -1.82. The molecule has 0 fully saturated rings. The molecule has 0 saturated carbocycles. The van der Waals surface area contributed by atoms with Crippen molar-refractivity contribution < 1.29 is 24.5 Å². The lowest BCUT2D eigenvalue weighted by Gasteiger charge is -2.30. The maximum atomic E-state index is 9.10. The van der Waals surface area contributed by atoms with E-state index in [2.05, 4.69) is 72.2 Å². The van der Waals surface area contributed by atoms with Crippen molar-refractivity contribution in [2.75, 3.05) is 13.6 Å². The first kappa shape index (κ1) is 21.4. The summed E-state index contributed by atoms with van der Waals surface area (Å²) in [6.45, 7) is 3.09. The molecule has 1 aromatic heterocycles. The van der Waals surface area contributed by atoms with Crippen molar-refractivity contribution in [2.24, 2.45) is 0 Å². The van der Waals surface area contributed by atoms with Gasteiger partial charge in [0.2, 0.25) is 0 Å². The highest BCUT2D eigenvalue weighted by Gasteiger charge is 2.30. The number of fused-ring (bicyclic) bond motifs is 1. The van der Waals surface area contributed by atoms with Crippen molar-refractivity contribution >= 4 is 34.0 Å². The van der Waals surface area contributed by atoms with Gasteiger partial charge in [-0.05, 0) is 43.4 Å². The van der Waals surface area contributed by atoms with Gasteiger partial charge in [0, 0.05) is 16.7 Å². The van der Waals surface area contributed by atoms with Gasteiger partial charge < -0.3 is 20.3 Å². The van der Waals surface area contributed by atoms with E-state index < -0.39 is 11.9 Å². The van der Waals surface area contributed by atoms with Gasteiger partial charge in [-0.25, -0.2) is 9.59 Å². The molecular weight excluding hydrogens is 378 g/mol. The lowest BCUT2D eigenvalue weighted by molar-refractivity contribution is -0.159. The van der Waals surface area contributed by atoms with Crippen LogP contribution in [0.15, 0.2) is 60.0 Å². The van der Waals surface area contributed by atoms with Crippen molar-refractivity contribution in [1.82, 2.24) is 5.32 Å². The van der Waals surface area contributed by atoms with Gasteiger partial charge in [0.15, 0.2) is 0 Å². The summed E-state index contributed by atoms with van der Waals surface area (Å²) in [7, 11) is 1.98. The third-order valence-electron chi connectivity index (χ3n) is 4.16. The number of thiophene rings is 1. The van der Waals surface area contributed by atoms with Crippen LogP contribution in [0.5, 0.6) is 5.75 Å². The van der Waals surface area contributed by atoms with Crippen LogP contribution in [0, 0.1) is 0 Å². The number of hydrogen-bond acceptors (Lipinski definition) is 5. The van der Waals surface area contributed by atoms with Crippen LogP contribution in [0.2, 0.25) is 0 Å². The van der Waals surface area contributed by atoms with Gasteiger partial charge in [0.1, 0.15) is 11.4 Å². The van der Waals surface area contributed by atoms with Crippen molar-refractivity contribution in [3.8, 4) is 5.75 Å². The summed E-state index contributed by atoms with van der Waals surface area (Å²) in [5, 5.41) is 22.5. The topological polar surface area (TPSA) is 95.9 Å². The van der Waals surface area contributed by atoms with Crippen LogP contribution in [-0.2, 0) is 15.2 Å². The number of ether oxygens (including phenoxy) is 1. The normalized spacial score (nSPS) is 12.5. The highest BCUT2D eigenvalue weighted by atomic mass is 32.1. The predicted octanol–water partition coefficient (Wildman–Crippen LogP) is 3.96. The lowest BCUT2D eigenvalue weighted by atomic mass is 9.99. The van der Waals surface area contributed by atoms with Crippen LogP contribution in [0.4, 0.5) is 0 Å². The summed E-state index contributed by atoms with van der Waals surface area (Å²) in [5.74, 6) is -2.70. The molecule has 3 rings (SSSR count). The number of hydrogen-bond donors (Lipinski definition) is 3. The Hall–Kier alpha value is -2.90. The second-order valence-corrected chi connectivity index (χ2v) is 7.20. The standard InChI is InChI=1S/C19H21NOS.C2H2O4/c1-19(12-13-20-2,18-11-6-14-22-18)21-17-10-5-8-15-7-3-4-9-16(15)17;3-1(4)2(5)6/h3-11,14,20H,12-13H2,1-2H3;(H,3,4)(H,5,6)/t19-;/m0./s1. The Balaban J connectivity index is 0.000000409. The zero-order valence-corrected chi connectivity index (χ0v) is 16.5. The molecule has 1 atom stereocenters. The molecule has 0 spiro atoms. The maximum Gasteiger partial charge on any atom is 0.414 e. The quantitative estimate of drug-likeness (QED) is 0.541. The number of aliphatic carboxylic acids is 2. The zero-order valence-electron chi connectivity index (χ0n) is 15.7. The van der Waals surface area contributed by atoms with E-state index in [-0.39, 0.29) is 5.60 Å². The Bertz CT molecular complexity index is 908. The Morgan fingerprint density at radius 1 is 1.04 bits per heavy atom. The fourth-order valence-electron chi connectivity index (χ4n) is 2.69. The average Bonchev–Trinajstić information content (AvgIpc) is 3.23. The van der Waals surface area contributed by atoms with Crippen LogP contribution in [0.1, 0.15) is 18.2 Å². The summed E-state index contributed by atoms with van der Waals surface area (Å²) >= 11 is 1.75. The SMILES string of the molecule is CNCC[C@](C)(Oc1cccc2ccccc12)c1cccs1.O=C(O)C(=O)O. The van der Waals surface area contributed by atoms with E-state index in [1.165, 1.54) is 10.3 Å². The largest absolute Gasteiger partial charge is 0.481 e. The molecule has 0 aliphatic carbocycles. The molecule has 0 radical (unpaired) electrons. The molecule has 0 bridgehead atoms. The van der Waals surface area contributed by atoms with E-state index in [4.69, 9.17) is 24.5 Å². The highest BCUT2D eigenvalue weighted by Crippen LogP contribution is 2.36. The van der Waals surface area contributed by atoms with E-state index in [0.717, 1.165) is 24.1 Å². The van der Waals surface area contributed by atoms with E-state index >= 15 is 0 Å².